The second-order valence-corrected chi connectivity index (χ2v) is 9.53. The number of nitrogens with zero attached hydrogens (tertiary/aromatic N) is 1. The Balaban J connectivity index is 1.92. The molecule has 0 heterocycles. The van der Waals surface area contributed by atoms with E-state index in [-0.39, 0.29) is 24.3 Å². The molecule has 2 amide bonds. The third-order valence-corrected chi connectivity index (χ3v) is 6.64. The monoisotopic (exact) mass is 490 g/mol. The van der Waals surface area contributed by atoms with E-state index in [2.05, 4.69) is 11.4 Å². The normalized spacial score (nSPS) is 12.6. The van der Waals surface area contributed by atoms with Crippen molar-refractivity contribution < 1.29 is 9.59 Å². The molecule has 184 valence electrons. The van der Waals surface area contributed by atoms with Gasteiger partial charge in [0, 0.05) is 30.5 Å². The van der Waals surface area contributed by atoms with Crippen LogP contribution in [0.3, 0.4) is 0 Å². The Hall–Kier alpha value is -3.11. The molecular formula is C30H35ClN2O2. The molecule has 0 spiro atoms. The van der Waals surface area contributed by atoms with Crippen LogP contribution in [-0.2, 0) is 29.0 Å². The first kappa shape index (κ1) is 26.5. The van der Waals surface area contributed by atoms with E-state index in [4.69, 9.17) is 11.6 Å². The van der Waals surface area contributed by atoms with Crippen molar-refractivity contribution in [1.29, 1.82) is 0 Å². The highest BCUT2D eigenvalue weighted by Gasteiger charge is 2.30. The molecule has 1 N–H and O–H groups in total. The number of benzene rings is 3. The van der Waals surface area contributed by atoms with Gasteiger partial charge in [-0.1, -0.05) is 96.9 Å². The van der Waals surface area contributed by atoms with Crippen LogP contribution in [0.1, 0.15) is 48.9 Å². The van der Waals surface area contributed by atoms with Crippen LogP contribution in [0.4, 0.5) is 0 Å². The first-order valence-corrected chi connectivity index (χ1v) is 12.7. The molecule has 35 heavy (non-hydrogen) atoms. The Morgan fingerprint density at radius 3 is 2.31 bits per heavy atom. The van der Waals surface area contributed by atoms with E-state index in [9.17, 15) is 9.59 Å². The van der Waals surface area contributed by atoms with Crippen molar-refractivity contribution in [2.24, 2.45) is 0 Å². The molecule has 0 radical (unpaired) electrons. The zero-order valence-corrected chi connectivity index (χ0v) is 21.6. The summed E-state index contributed by atoms with van der Waals surface area (Å²) in [5, 5.41) is 3.76. The van der Waals surface area contributed by atoms with Crippen molar-refractivity contribution in [2.45, 2.75) is 65.1 Å². The first-order chi connectivity index (χ1) is 16.9. The molecule has 0 aromatic heterocycles. The Morgan fingerprint density at radius 2 is 1.63 bits per heavy atom. The van der Waals surface area contributed by atoms with E-state index in [1.165, 1.54) is 0 Å². The zero-order valence-electron chi connectivity index (χ0n) is 20.8. The number of carbonyl (C=O) groups is 2. The van der Waals surface area contributed by atoms with Gasteiger partial charge < -0.3 is 10.2 Å². The number of rotatable bonds is 11. The van der Waals surface area contributed by atoms with Crippen molar-refractivity contribution in [3.8, 4) is 0 Å². The average Bonchev–Trinajstić information content (AvgIpc) is 2.86. The Morgan fingerprint density at radius 1 is 0.943 bits per heavy atom. The number of carbonyl (C=O) groups excluding carboxylic acids is 2. The van der Waals surface area contributed by atoms with E-state index >= 15 is 0 Å². The van der Waals surface area contributed by atoms with Gasteiger partial charge in [0.15, 0.2) is 0 Å². The summed E-state index contributed by atoms with van der Waals surface area (Å²) in [5.41, 5.74) is 4.08. The highest BCUT2D eigenvalue weighted by molar-refractivity contribution is 6.31. The van der Waals surface area contributed by atoms with Gasteiger partial charge in [-0.3, -0.25) is 9.59 Å². The molecule has 3 rings (SSSR count). The second-order valence-electron chi connectivity index (χ2n) is 9.13. The third kappa shape index (κ3) is 7.97. The van der Waals surface area contributed by atoms with E-state index < -0.39 is 6.04 Å². The summed E-state index contributed by atoms with van der Waals surface area (Å²) in [6.45, 7) is 6.43. The lowest BCUT2D eigenvalue weighted by Gasteiger charge is -2.32. The van der Waals surface area contributed by atoms with Gasteiger partial charge >= 0.3 is 0 Å². The van der Waals surface area contributed by atoms with Crippen molar-refractivity contribution >= 4 is 23.4 Å². The molecule has 5 heteroatoms. The van der Waals surface area contributed by atoms with Crippen molar-refractivity contribution in [2.75, 3.05) is 0 Å². The maximum Gasteiger partial charge on any atom is 0.243 e. The molecule has 0 unspecified atom stereocenters. The van der Waals surface area contributed by atoms with E-state index in [1.807, 2.05) is 93.6 Å². The van der Waals surface area contributed by atoms with Gasteiger partial charge in [0.1, 0.15) is 6.04 Å². The van der Waals surface area contributed by atoms with Crippen molar-refractivity contribution in [1.82, 2.24) is 10.2 Å². The molecule has 3 aromatic rings. The Bertz CT molecular complexity index is 1120. The van der Waals surface area contributed by atoms with Gasteiger partial charge in [-0.15, -0.1) is 0 Å². The van der Waals surface area contributed by atoms with Gasteiger partial charge in [0.2, 0.25) is 11.8 Å². The van der Waals surface area contributed by atoms with Crippen LogP contribution in [0.5, 0.6) is 0 Å². The second kappa shape index (κ2) is 13.1. The molecule has 0 aliphatic heterocycles. The highest BCUT2D eigenvalue weighted by Crippen LogP contribution is 2.20. The minimum Gasteiger partial charge on any atom is -0.352 e. The summed E-state index contributed by atoms with van der Waals surface area (Å²) in [6, 6.07) is 25.0. The van der Waals surface area contributed by atoms with Crippen LogP contribution < -0.4 is 5.32 Å². The van der Waals surface area contributed by atoms with Crippen LogP contribution in [0.2, 0.25) is 5.02 Å². The van der Waals surface area contributed by atoms with Gasteiger partial charge in [0.05, 0.1) is 0 Å². The SMILES string of the molecule is CC[C@H](C)NC(=O)[C@@H](Cc1ccccc1)N(Cc1cccc(C)c1)C(=O)CCc1ccccc1Cl. The summed E-state index contributed by atoms with van der Waals surface area (Å²) < 4.78 is 0. The van der Waals surface area contributed by atoms with E-state index in [0.717, 1.165) is 28.7 Å². The first-order valence-electron chi connectivity index (χ1n) is 12.3. The number of amides is 2. The standard InChI is InChI=1S/C30H35ClN2O2/c1-4-23(3)32-30(35)28(20-24-12-6-5-7-13-24)33(21-25-14-10-11-22(2)19-25)29(34)18-17-26-15-8-9-16-27(26)31/h5-16,19,23,28H,4,17-18,20-21H2,1-3H3,(H,32,35)/t23-,28+/m0/s1. The Labute approximate surface area is 214 Å². The topological polar surface area (TPSA) is 49.4 Å². The number of hydrogen-bond acceptors (Lipinski definition) is 2. The van der Waals surface area contributed by atoms with Gasteiger partial charge in [-0.25, -0.2) is 0 Å². The molecule has 0 fully saturated rings. The van der Waals surface area contributed by atoms with Gasteiger partial charge in [-0.2, -0.15) is 0 Å². The molecule has 2 atom stereocenters. The molecule has 0 saturated heterocycles. The quantitative estimate of drug-likeness (QED) is 0.351. The van der Waals surface area contributed by atoms with E-state index in [0.29, 0.717) is 24.4 Å². The van der Waals surface area contributed by atoms with E-state index in [1.54, 1.807) is 4.90 Å². The molecular weight excluding hydrogens is 456 g/mol. The fourth-order valence-electron chi connectivity index (χ4n) is 4.09. The minimum absolute atomic E-state index is 0.0276. The minimum atomic E-state index is -0.620. The summed E-state index contributed by atoms with van der Waals surface area (Å²) in [5.74, 6) is -0.186. The number of hydrogen-bond donors (Lipinski definition) is 1. The summed E-state index contributed by atoms with van der Waals surface area (Å²) in [4.78, 5) is 29.0. The maximum atomic E-state index is 13.7. The third-order valence-electron chi connectivity index (χ3n) is 6.27. The van der Waals surface area contributed by atoms with Crippen LogP contribution >= 0.6 is 11.6 Å². The van der Waals surface area contributed by atoms with Gasteiger partial charge in [0.25, 0.3) is 0 Å². The van der Waals surface area contributed by atoms with Crippen molar-refractivity contribution in [3.05, 3.63) is 106 Å². The fraction of sp³-hybridized carbons (Fsp3) is 0.333. The number of nitrogens with one attached hydrogen (secondary N) is 1. The Kier molecular flexibility index (Phi) is 9.92. The van der Waals surface area contributed by atoms with Gasteiger partial charge in [-0.05, 0) is 49.4 Å². The zero-order chi connectivity index (χ0) is 25.2. The predicted molar refractivity (Wildman–Crippen MR) is 143 cm³/mol. The maximum absolute atomic E-state index is 13.7. The molecule has 0 aliphatic rings. The molecule has 0 saturated carbocycles. The molecule has 0 bridgehead atoms. The summed E-state index contributed by atoms with van der Waals surface area (Å²) >= 11 is 6.34. The van der Waals surface area contributed by atoms with Crippen LogP contribution in [-0.4, -0.2) is 28.8 Å². The number of aryl methyl sites for hydroxylation is 2. The lowest BCUT2D eigenvalue weighted by atomic mass is 10.0. The van der Waals surface area contributed by atoms with Crippen LogP contribution in [0, 0.1) is 6.92 Å². The van der Waals surface area contributed by atoms with Crippen molar-refractivity contribution in [3.63, 3.8) is 0 Å². The van der Waals surface area contributed by atoms with Crippen LogP contribution in [0.15, 0.2) is 78.9 Å². The molecule has 4 nitrogen and oxygen atoms in total. The average molecular weight is 491 g/mol. The summed E-state index contributed by atoms with van der Waals surface area (Å²) in [6.07, 6.45) is 2.07. The fourth-order valence-corrected chi connectivity index (χ4v) is 4.32. The highest BCUT2D eigenvalue weighted by atomic mass is 35.5. The molecule has 3 aromatic carbocycles. The lowest BCUT2D eigenvalue weighted by molar-refractivity contribution is -0.141. The largest absolute Gasteiger partial charge is 0.352 e. The lowest BCUT2D eigenvalue weighted by Crippen LogP contribution is -2.52. The molecule has 0 aliphatic carbocycles. The van der Waals surface area contributed by atoms with Crippen LogP contribution in [0.25, 0.3) is 0 Å². The number of halogens is 1. The summed E-state index contributed by atoms with van der Waals surface area (Å²) in [7, 11) is 0. The predicted octanol–water partition coefficient (Wildman–Crippen LogP) is 6.14. The smallest absolute Gasteiger partial charge is 0.243 e.